The van der Waals surface area contributed by atoms with Crippen LogP contribution in [-0.2, 0) is 11.2 Å². The first-order valence-electron chi connectivity index (χ1n) is 7.50. The summed E-state index contributed by atoms with van der Waals surface area (Å²) in [4.78, 5) is 12.1. The van der Waals surface area contributed by atoms with Crippen molar-refractivity contribution < 1.29 is 9.32 Å². The number of para-hydroxylation sites is 1. The number of benzene rings is 2. The van der Waals surface area contributed by atoms with Crippen molar-refractivity contribution in [2.45, 2.75) is 20.3 Å². The lowest BCUT2D eigenvalue weighted by atomic mass is 10.1. The van der Waals surface area contributed by atoms with Gasteiger partial charge in [0, 0.05) is 17.3 Å². The SMILES string of the molecule is Cc1ccc(-c2cc(CC(=O)Nc3ccccc3C)no2)cc1. The smallest absolute Gasteiger partial charge is 0.230 e. The summed E-state index contributed by atoms with van der Waals surface area (Å²) in [6.07, 6.45) is 0.184. The van der Waals surface area contributed by atoms with E-state index in [-0.39, 0.29) is 12.3 Å². The Morgan fingerprint density at radius 1 is 1.09 bits per heavy atom. The molecule has 2 aromatic carbocycles. The molecule has 0 fully saturated rings. The van der Waals surface area contributed by atoms with Crippen molar-refractivity contribution in [2.75, 3.05) is 5.32 Å². The van der Waals surface area contributed by atoms with Gasteiger partial charge in [-0.3, -0.25) is 4.79 Å². The lowest BCUT2D eigenvalue weighted by Gasteiger charge is -2.06. The monoisotopic (exact) mass is 306 g/mol. The summed E-state index contributed by atoms with van der Waals surface area (Å²) in [7, 11) is 0. The molecule has 4 heteroatoms. The molecule has 1 amide bonds. The highest BCUT2D eigenvalue weighted by atomic mass is 16.5. The van der Waals surface area contributed by atoms with Crippen LogP contribution in [0.4, 0.5) is 5.69 Å². The molecule has 1 N–H and O–H groups in total. The van der Waals surface area contributed by atoms with E-state index in [4.69, 9.17) is 4.52 Å². The summed E-state index contributed by atoms with van der Waals surface area (Å²) in [6, 6.07) is 17.5. The van der Waals surface area contributed by atoms with E-state index in [9.17, 15) is 4.79 Å². The fraction of sp³-hybridized carbons (Fsp3) is 0.158. The number of hydrogen-bond acceptors (Lipinski definition) is 3. The van der Waals surface area contributed by atoms with E-state index in [2.05, 4.69) is 10.5 Å². The average Bonchev–Trinajstić information content (AvgIpc) is 2.98. The van der Waals surface area contributed by atoms with Gasteiger partial charge in [0.15, 0.2) is 5.76 Å². The molecular weight excluding hydrogens is 288 g/mol. The van der Waals surface area contributed by atoms with Gasteiger partial charge in [0.05, 0.1) is 12.1 Å². The minimum atomic E-state index is -0.108. The van der Waals surface area contributed by atoms with Gasteiger partial charge in [-0.15, -0.1) is 0 Å². The van der Waals surface area contributed by atoms with Crippen LogP contribution in [0.5, 0.6) is 0 Å². The quantitative estimate of drug-likeness (QED) is 0.788. The molecule has 0 aliphatic rings. The average molecular weight is 306 g/mol. The standard InChI is InChI=1S/C19H18N2O2/c1-13-7-9-15(10-8-13)18-11-16(21-23-18)12-19(22)20-17-6-4-3-5-14(17)2/h3-11H,12H2,1-2H3,(H,20,22). The summed E-state index contributed by atoms with van der Waals surface area (Å²) in [6.45, 7) is 3.99. The van der Waals surface area contributed by atoms with Crippen molar-refractivity contribution in [1.29, 1.82) is 0 Å². The molecule has 0 radical (unpaired) electrons. The molecule has 3 rings (SSSR count). The van der Waals surface area contributed by atoms with Crippen LogP contribution in [0.3, 0.4) is 0 Å². The number of hydrogen-bond donors (Lipinski definition) is 1. The Bertz CT molecular complexity index is 819. The fourth-order valence-corrected chi connectivity index (χ4v) is 2.32. The largest absolute Gasteiger partial charge is 0.356 e. The lowest BCUT2D eigenvalue weighted by molar-refractivity contribution is -0.115. The molecule has 0 spiro atoms. The van der Waals surface area contributed by atoms with E-state index in [1.807, 2.05) is 68.4 Å². The zero-order valence-electron chi connectivity index (χ0n) is 13.2. The van der Waals surface area contributed by atoms with Gasteiger partial charge < -0.3 is 9.84 Å². The number of rotatable bonds is 4. The minimum Gasteiger partial charge on any atom is -0.356 e. The van der Waals surface area contributed by atoms with Crippen LogP contribution in [0, 0.1) is 13.8 Å². The molecule has 0 aliphatic carbocycles. The van der Waals surface area contributed by atoms with Crippen molar-refractivity contribution in [2.24, 2.45) is 0 Å². The fourth-order valence-electron chi connectivity index (χ4n) is 2.32. The Labute approximate surface area is 135 Å². The van der Waals surface area contributed by atoms with Crippen molar-refractivity contribution in [3.05, 3.63) is 71.4 Å². The molecule has 1 heterocycles. The summed E-state index contributed by atoms with van der Waals surface area (Å²) in [5, 5.41) is 6.88. The van der Waals surface area contributed by atoms with Crippen molar-refractivity contribution in [3.63, 3.8) is 0 Å². The number of amides is 1. The molecule has 23 heavy (non-hydrogen) atoms. The number of nitrogens with one attached hydrogen (secondary N) is 1. The number of anilines is 1. The Balaban J connectivity index is 1.68. The van der Waals surface area contributed by atoms with Crippen LogP contribution in [0.25, 0.3) is 11.3 Å². The van der Waals surface area contributed by atoms with Crippen molar-refractivity contribution in [1.82, 2.24) is 5.16 Å². The molecule has 0 aliphatic heterocycles. The topological polar surface area (TPSA) is 55.1 Å². The molecule has 1 aromatic heterocycles. The Morgan fingerprint density at radius 3 is 2.57 bits per heavy atom. The number of aromatic nitrogens is 1. The summed E-state index contributed by atoms with van der Waals surface area (Å²) in [5.74, 6) is 0.562. The van der Waals surface area contributed by atoms with Crippen LogP contribution in [-0.4, -0.2) is 11.1 Å². The van der Waals surface area contributed by atoms with E-state index in [0.717, 1.165) is 16.8 Å². The third-order valence-corrected chi connectivity index (χ3v) is 3.66. The Morgan fingerprint density at radius 2 is 1.83 bits per heavy atom. The predicted octanol–water partition coefficient (Wildman–Crippen LogP) is 4.14. The first-order chi connectivity index (χ1) is 11.1. The third kappa shape index (κ3) is 3.66. The maximum atomic E-state index is 12.1. The number of carbonyl (C=O) groups is 1. The normalized spacial score (nSPS) is 10.5. The number of nitrogens with zero attached hydrogens (tertiary/aromatic N) is 1. The van der Waals surface area contributed by atoms with Crippen molar-refractivity contribution >= 4 is 11.6 Å². The highest BCUT2D eigenvalue weighted by molar-refractivity contribution is 5.92. The van der Waals surface area contributed by atoms with Crippen molar-refractivity contribution in [3.8, 4) is 11.3 Å². The van der Waals surface area contributed by atoms with E-state index >= 15 is 0 Å². The molecule has 3 aromatic rings. The van der Waals surface area contributed by atoms with Gasteiger partial charge in [0.1, 0.15) is 0 Å². The molecule has 0 bridgehead atoms. The summed E-state index contributed by atoms with van der Waals surface area (Å²) in [5.41, 5.74) is 4.60. The summed E-state index contributed by atoms with van der Waals surface area (Å²) < 4.78 is 5.34. The molecule has 0 saturated carbocycles. The van der Waals surface area contributed by atoms with Crippen LogP contribution in [0.15, 0.2) is 59.1 Å². The second-order valence-corrected chi connectivity index (χ2v) is 5.59. The van der Waals surface area contributed by atoms with Crippen LogP contribution in [0.1, 0.15) is 16.8 Å². The second kappa shape index (κ2) is 6.48. The molecule has 0 saturated heterocycles. The van der Waals surface area contributed by atoms with Gasteiger partial charge in [-0.2, -0.15) is 0 Å². The first-order valence-corrected chi connectivity index (χ1v) is 7.50. The predicted molar refractivity (Wildman–Crippen MR) is 90.2 cm³/mol. The highest BCUT2D eigenvalue weighted by Gasteiger charge is 2.11. The zero-order chi connectivity index (χ0) is 16.2. The first kappa shape index (κ1) is 15.0. The number of carbonyl (C=O) groups excluding carboxylic acids is 1. The van der Waals surface area contributed by atoms with E-state index in [1.54, 1.807) is 0 Å². The van der Waals surface area contributed by atoms with Crippen LogP contribution in [0.2, 0.25) is 0 Å². The highest BCUT2D eigenvalue weighted by Crippen LogP contribution is 2.21. The number of aryl methyl sites for hydroxylation is 2. The molecule has 0 unspecified atom stereocenters. The van der Waals surface area contributed by atoms with Gasteiger partial charge in [-0.1, -0.05) is 53.2 Å². The minimum absolute atomic E-state index is 0.108. The summed E-state index contributed by atoms with van der Waals surface area (Å²) >= 11 is 0. The van der Waals surface area contributed by atoms with Crippen LogP contribution < -0.4 is 5.32 Å². The van der Waals surface area contributed by atoms with Gasteiger partial charge >= 0.3 is 0 Å². The van der Waals surface area contributed by atoms with E-state index < -0.39 is 0 Å². The maximum absolute atomic E-state index is 12.1. The maximum Gasteiger partial charge on any atom is 0.230 e. The van der Waals surface area contributed by atoms with E-state index in [0.29, 0.717) is 11.5 Å². The molecular formula is C19H18N2O2. The lowest BCUT2D eigenvalue weighted by Crippen LogP contribution is -2.15. The van der Waals surface area contributed by atoms with Gasteiger partial charge in [0.2, 0.25) is 5.91 Å². The van der Waals surface area contributed by atoms with Gasteiger partial charge in [0.25, 0.3) is 0 Å². The van der Waals surface area contributed by atoms with E-state index in [1.165, 1.54) is 5.56 Å². The Hall–Kier alpha value is -2.88. The Kier molecular flexibility index (Phi) is 4.24. The second-order valence-electron chi connectivity index (χ2n) is 5.59. The van der Waals surface area contributed by atoms with Crippen LogP contribution >= 0.6 is 0 Å². The molecule has 116 valence electrons. The molecule has 0 atom stereocenters. The molecule has 4 nitrogen and oxygen atoms in total. The zero-order valence-corrected chi connectivity index (χ0v) is 13.2. The van der Waals surface area contributed by atoms with Gasteiger partial charge in [-0.05, 0) is 25.5 Å². The third-order valence-electron chi connectivity index (χ3n) is 3.66. The van der Waals surface area contributed by atoms with Gasteiger partial charge in [-0.25, -0.2) is 0 Å².